The van der Waals surface area contributed by atoms with Gasteiger partial charge in [0.2, 0.25) is 5.91 Å². The Morgan fingerprint density at radius 1 is 0.812 bits per heavy atom. The summed E-state index contributed by atoms with van der Waals surface area (Å²) in [6.07, 6.45) is 0.180. The summed E-state index contributed by atoms with van der Waals surface area (Å²) in [5, 5.41) is 5.65. The maximum absolute atomic E-state index is 12.6. The molecule has 1 aromatic heterocycles. The van der Waals surface area contributed by atoms with Gasteiger partial charge in [-0.15, -0.1) is 0 Å². The monoisotopic (exact) mass is 490 g/mol. The SMILES string of the molecule is O=C(Cc1ccc(NC(=O)c2ccc(Br)o2)cc1)Nc1ccccc1Oc1ccccc1. The first kappa shape index (κ1) is 21.4. The van der Waals surface area contributed by atoms with Crippen molar-refractivity contribution in [3.05, 3.63) is 107 Å². The molecular formula is C25H19BrN2O4. The lowest BCUT2D eigenvalue weighted by atomic mass is 10.1. The number of anilines is 2. The lowest BCUT2D eigenvalue weighted by molar-refractivity contribution is -0.115. The first-order chi connectivity index (χ1) is 15.6. The molecule has 160 valence electrons. The number of para-hydroxylation sites is 3. The molecule has 0 bridgehead atoms. The number of furan rings is 1. The third-order valence-electron chi connectivity index (χ3n) is 4.51. The Labute approximate surface area is 193 Å². The van der Waals surface area contributed by atoms with Crippen molar-refractivity contribution in [3.8, 4) is 11.5 Å². The summed E-state index contributed by atoms with van der Waals surface area (Å²) in [5.74, 6) is 0.933. The number of amides is 2. The average molecular weight is 491 g/mol. The topological polar surface area (TPSA) is 80.6 Å². The highest BCUT2D eigenvalue weighted by atomic mass is 79.9. The first-order valence-corrected chi connectivity index (χ1v) is 10.6. The van der Waals surface area contributed by atoms with E-state index in [-0.39, 0.29) is 24.0 Å². The fraction of sp³-hybridized carbons (Fsp3) is 0.0400. The van der Waals surface area contributed by atoms with Crippen molar-refractivity contribution < 1.29 is 18.7 Å². The number of ether oxygens (including phenoxy) is 1. The predicted octanol–water partition coefficient (Wildman–Crippen LogP) is 6.27. The van der Waals surface area contributed by atoms with Crippen molar-refractivity contribution in [3.63, 3.8) is 0 Å². The van der Waals surface area contributed by atoms with Crippen molar-refractivity contribution in [1.29, 1.82) is 0 Å². The third-order valence-corrected chi connectivity index (χ3v) is 4.93. The molecule has 6 nitrogen and oxygen atoms in total. The van der Waals surface area contributed by atoms with E-state index in [2.05, 4.69) is 26.6 Å². The van der Waals surface area contributed by atoms with Crippen molar-refractivity contribution in [2.75, 3.05) is 10.6 Å². The first-order valence-electron chi connectivity index (χ1n) is 9.84. The van der Waals surface area contributed by atoms with Gasteiger partial charge in [-0.05, 0) is 70.0 Å². The minimum absolute atomic E-state index is 0.175. The maximum Gasteiger partial charge on any atom is 0.291 e. The molecule has 0 aliphatic rings. The number of halogens is 1. The van der Waals surface area contributed by atoms with Crippen LogP contribution >= 0.6 is 15.9 Å². The Hall–Kier alpha value is -3.84. The number of hydrogen-bond donors (Lipinski definition) is 2. The van der Waals surface area contributed by atoms with Gasteiger partial charge >= 0.3 is 0 Å². The van der Waals surface area contributed by atoms with Gasteiger partial charge in [0, 0.05) is 5.69 Å². The van der Waals surface area contributed by atoms with E-state index in [0.29, 0.717) is 27.5 Å². The molecule has 0 spiro atoms. The van der Waals surface area contributed by atoms with Gasteiger partial charge in [0.15, 0.2) is 16.2 Å². The smallest absolute Gasteiger partial charge is 0.291 e. The molecule has 0 unspecified atom stereocenters. The highest BCUT2D eigenvalue weighted by molar-refractivity contribution is 9.10. The Balaban J connectivity index is 1.36. The normalized spacial score (nSPS) is 10.4. The second kappa shape index (κ2) is 9.98. The average Bonchev–Trinajstić information content (AvgIpc) is 3.24. The second-order valence-electron chi connectivity index (χ2n) is 6.89. The van der Waals surface area contributed by atoms with E-state index in [9.17, 15) is 9.59 Å². The molecule has 0 atom stereocenters. The summed E-state index contributed by atoms with van der Waals surface area (Å²) < 4.78 is 11.6. The van der Waals surface area contributed by atoms with E-state index in [1.54, 1.807) is 48.5 Å². The molecule has 4 aromatic rings. The summed E-state index contributed by atoms with van der Waals surface area (Å²) in [6.45, 7) is 0. The van der Waals surface area contributed by atoms with Crippen LogP contribution in [0, 0.1) is 0 Å². The molecule has 7 heteroatoms. The molecule has 0 aliphatic heterocycles. The predicted molar refractivity (Wildman–Crippen MR) is 126 cm³/mol. The van der Waals surface area contributed by atoms with E-state index in [0.717, 1.165) is 5.56 Å². The highest BCUT2D eigenvalue weighted by Crippen LogP contribution is 2.29. The molecular weight excluding hydrogens is 472 g/mol. The summed E-state index contributed by atoms with van der Waals surface area (Å²) in [7, 11) is 0. The Morgan fingerprint density at radius 2 is 1.53 bits per heavy atom. The van der Waals surface area contributed by atoms with Gasteiger partial charge in [-0.2, -0.15) is 0 Å². The van der Waals surface area contributed by atoms with E-state index >= 15 is 0 Å². The molecule has 4 rings (SSSR count). The van der Waals surface area contributed by atoms with Crippen molar-refractivity contribution >= 4 is 39.1 Å². The summed E-state index contributed by atoms with van der Waals surface area (Å²) in [5.41, 5.74) is 2.01. The second-order valence-corrected chi connectivity index (χ2v) is 7.67. The van der Waals surface area contributed by atoms with Crippen LogP contribution in [0.1, 0.15) is 16.1 Å². The summed E-state index contributed by atoms with van der Waals surface area (Å²) in [4.78, 5) is 24.7. The van der Waals surface area contributed by atoms with Crippen molar-refractivity contribution in [2.45, 2.75) is 6.42 Å². The lowest BCUT2D eigenvalue weighted by Crippen LogP contribution is -2.15. The van der Waals surface area contributed by atoms with Gasteiger partial charge < -0.3 is 19.8 Å². The molecule has 0 saturated carbocycles. The highest BCUT2D eigenvalue weighted by Gasteiger charge is 2.12. The molecule has 32 heavy (non-hydrogen) atoms. The lowest BCUT2D eigenvalue weighted by Gasteiger charge is -2.12. The van der Waals surface area contributed by atoms with Crippen molar-refractivity contribution in [2.24, 2.45) is 0 Å². The molecule has 0 aliphatic carbocycles. The van der Waals surface area contributed by atoms with Crippen LogP contribution < -0.4 is 15.4 Å². The molecule has 0 radical (unpaired) electrons. The van der Waals surface area contributed by atoms with Gasteiger partial charge in [-0.1, -0.05) is 42.5 Å². The van der Waals surface area contributed by atoms with Crippen LogP contribution in [0.15, 0.2) is 100 Å². The van der Waals surface area contributed by atoms with Crippen LogP contribution in [0.25, 0.3) is 0 Å². The van der Waals surface area contributed by atoms with Crippen LogP contribution in [-0.2, 0) is 11.2 Å². The van der Waals surface area contributed by atoms with Gasteiger partial charge in [0.05, 0.1) is 12.1 Å². The van der Waals surface area contributed by atoms with Crippen LogP contribution in [0.4, 0.5) is 11.4 Å². The molecule has 0 saturated heterocycles. The molecule has 1 heterocycles. The molecule has 0 fully saturated rings. The zero-order valence-corrected chi connectivity index (χ0v) is 18.5. The Bertz CT molecular complexity index is 1220. The Morgan fingerprint density at radius 3 is 2.25 bits per heavy atom. The van der Waals surface area contributed by atoms with Gasteiger partial charge in [0.1, 0.15) is 5.75 Å². The largest absolute Gasteiger partial charge is 0.455 e. The van der Waals surface area contributed by atoms with Crippen LogP contribution in [0.3, 0.4) is 0 Å². The number of benzene rings is 3. The van der Waals surface area contributed by atoms with Gasteiger partial charge in [0.25, 0.3) is 5.91 Å². The minimum atomic E-state index is -0.351. The van der Waals surface area contributed by atoms with Crippen LogP contribution in [0.5, 0.6) is 11.5 Å². The minimum Gasteiger partial charge on any atom is -0.455 e. The van der Waals surface area contributed by atoms with Crippen LogP contribution in [-0.4, -0.2) is 11.8 Å². The summed E-state index contributed by atoms with van der Waals surface area (Å²) >= 11 is 3.17. The van der Waals surface area contributed by atoms with Crippen LogP contribution in [0.2, 0.25) is 0 Å². The molecule has 2 amide bonds. The van der Waals surface area contributed by atoms with Gasteiger partial charge in [-0.3, -0.25) is 9.59 Å². The van der Waals surface area contributed by atoms with Crippen molar-refractivity contribution in [1.82, 2.24) is 0 Å². The number of carbonyl (C=O) groups excluding carboxylic acids is 2. The number of carbonyl (C=O) groups is 2. The zero-order valence-electron chi connectivity index (χ0n) is 16.9. The quantitative estimate of drug-likeness (QED) is 0.320. The van der Waals surface area contributed by atoms with E-state index in [1.165, 1.54) is 0 Å². The zero-order chi connectivity index (χ0) is 22.3. The summed E-state index contributed by atoms with van der Waals surface area (Å²) in [6, 6.07) is 27.0. The van der Waals surface area contributed by atoms with E-state index < -0.39 is 0 Å². The fourth-order valence-electron chi connectivity index (χ4n) is 2.99. The number of nitrogens with one attached hydrogen (secondary N) is 2. The third kappa shape index (κ3) is 5.65. The Kier molecular flexibility index (Phi) is 6.67. The van der Waals surface area contributed by atoms with E-state index in [1.807, 2.05) is 42.5 Å². The van der Waals surface area contributed by atoms with E-state index in [4.69, 9.17) is 9.15 Å². The van der Waals surface area contributed by atoms with Gasteiger partial charge in [-0.25, -0.2) is 0 Å². The fourth-order valence-corrected chi connectivity index (χ4v) is 3.30. The number of hydrogen-bond acceptors (Lipinski definition) is 4. The number of rotatable bonds is 7. The molecule has 3 aromatic carbocycles. The standard InChI is InChI=1S/C25H19BrN2O4/c26-23-15-14-22(32-23)25(30)27-18-12-10-17(11-13-18)16-24(29)28-20-8-4-5-9-21(20)31-19-6-2-1-3-7-19/h1-15H,16H2,(H,27,30)(H,28,29). The molecule has 2 N–H and O–H groups in total. The maximum atomic E-state index is 12.6.